The molecule has 0 bridgehead atoms. The molecule has 0 aromatic carbocycles. The van der Waals surface area contributed by atoms with E-state index in [1.807, 2.05) is 0 Å². The maximum absolute atomic E-state index is 15.0. The van der Waals surface area contributed by atoms with Gasteiger partial charge in [0.05, 0.1) is 10.9 Å². The summed E-state index contributed by atoms with van der Waals surface area (Å²) in [6.45, 7) is 0.235. The van der Waals surface area contributed by atoms with Crippen molar-refractivity contribution in [2.75, 3.05) is 19.6 Å². The van der Waals surface area contributed by atoms with Crippen LogP contribution in [0.1, 0.15) is 25.7 Å². The number of alkyl halides is 1. The summed E-state index contributed by atoms with van der Waals surface area (Å²) in [6.07, 6.45) is 2.46. The van der Waals surface area contributed by atoms with Crippen LogP contribution >= 0.6 is 22.9 Å². The van der Waals surface area contributed by atoms with Crippen molar-refractivity contribution in [3.05, 3.63) is 16.5 Å². The third kappa shape index (κ3) is 3.70. The highest BCUT2D eigenvalue weighted by Crippen LogP contribution is 2.33. The van der Waals surface area contributed by atoms with E-state index in [0.29, 0.717) is 23.2 Å². The molecule has 1 N–H and O–H groups in total. The van der Waals surface area contributed by atoms with Gasteiger partial charge in [0.25, 0.3) is 15.9 Å². The van der Waals surface area contributed by atoms with E-state index in [0.717, 1.165) is 28.5 Å². The molecule has 23 heavy (non-hydrogen) atoms. The van der Waals surface area contributed by atoms with Crippen LogP contribution in [0.4, 0.5) is 4.39 Å². The molecule has 1 aromatic rings. The molecule has 1 amide bonds. The molecule has 0 radical (unpaired) electrons. The zero-order valence-corrected chi connectivity index (χ0v) is 14.8. The highest BCUT2D eigenvalue weighted by atomic mass is 35.5. The summed E-state index contributed by atoms with van der Waals surface area (Å²) in [5, 5.41) is 2.62. The first-order chi connectivity index (χ1) is 10.8. The molecular formula is C14H18ClFN2O3S2. The average Bonchev–Trinajstić information content (AvgIpc) is 3.24. The Balaban J connectivity index is 1.72. The summed E-state index contributed by atoms with van der Waals surface area (Å²) >= 11 is 6.72. The van der Waals surface area contributed by atoms with Crippen LogP contribution in [-0.4, -0.2) is 43.9 Å². The quantitative estimate of drug-likeness (QED) is 0.853. The van der Waals surface area contributed by atoms with Crippen molar-refractivity contribution in [1.82, 2.24) is 9.62 Å². The molecule has 9 heteroatoms. The first-order valence-corrected chi connectivity index (χ1v) is 10.2. The van der Waals surface area contributed by atoms with E-state index in [9.17, 15) is 17.6 Å². The second-order valence-corrected chi connectivity index (χ2v) is 10.00. The van der Waals surface area contributed by atoms with Crippen LogP contribution < -0.4 is 5.32 Å². The molecule has 1 atom stereocenters. The third-order valence-corrected chi connectivity index (χ3v) is 7.75. The molecule has 0 spiro atoms. The zero-order chi connectivity index (χ0) is 16.7. The Morgan fingerprint density at radius 2 is 2.22 bits per heavy atom. The van der Waals surface area contributed by atoms with E-state index in [-0.39, 0.29) is 17.2 Å². The Hall–Kier alpha value is -0.700. The molecule has 0 unspecified atom stereocenters. The second-order valence-electron chi connectivity index (χ2n) is 6.12. The fraction of sp³-hybridized carbons (Fsp3) is 0.643. The lowest BCUT2D eigenvalue weighted by Gasteiger charge is -2.35. The lowest BCUT2D eigenvalue weighted by molar-refractivity contribution is -0.135. The molecule has 2 heterocycles. The molecule has 2 aliphatic rings. The minimum Gasteiger partial charge on any atom is -0.353 e. The van der Waals surface area contributed by atoms with Gasteiger partial charge in [-0.15, -0.1) is 11.3 Å². The van der Waals surface area contributed by atoms with Gasteiger partial charge in [0, 0.05) is 13.1 Å². The minimum atomic E-state index is -3.82. The number of hydrogen-bond donors (Lipinski definition) is 1. The van der Waals surface area contributed by atoms with Gasteiger partial charge in [-0.3, -0.25) is 4.79 Å². The van der Waals surface area contributed by atoms with Crippen LogP contribution in [0, 0.1) is 5.92 Å². The van der Waals surface area contributed by atoms with Crippen LogP contribution in [-0.2, 0) is 14.8 Å². The summed E-state index contributed by atoms with van der Waals surface area (Å²) in [5.41, 5.74) is -2.17. The Morgan fingerprint density at radius 3 is 2.83 bits per heavy atom. The molecule has 1 saturated heterocycles. The van der Waals surface area contributed by atoms with Crippen molar-refractivity contribution in [2.24, 2.45) is 5.92 Å². The molecule has 1 aromatic heterocycles. The largest absolute Gasteiger partial charge is 0.353 e. The zero-order valence-electron chi connectivity index (χ0n) is 12.4. The smallest absolute Gasteiger partial charge is 0.259 e. The van der Waals surface area contributed by atoms with Crippen LogP contribution in [0.5, 0.6) is 0 Å². The van der Waals surface area contributed by atoms with Gasteiger partial charge in [-0.25, -0.2) is 12.8 Å². The summed E-state index contributed by atoms with van der Waals surface area (Å²) in [4.78, 5) is 12.1. The van der Waals surface area contributed by atoms with Crippen LogP contribution in [0.2, 0.25) is 4.34 Å². The molecule has 128 valence electrons. The number of sulfonamides is 1. The summed E-state index contributed by atoms with van der Waals surface area (Å²) in [5.74, 6) is -0.257. The summed E-state index contributed by atoms with van der Waals surface area (Å²) < 4.78 is 41.6. The first kappa shape index (κ1) is 17.1. The van der Waals surface area contributed by atoms with Crippen molar-refractivity contribution < 1.29 is 17.6 Å². The number of carbonyl (C=O) groups is 1. The minimum absolute atomic E-state index is 0.0424. The van der Waals surface area contributed by atoms with Crippen molar-refractivity contribution in [3.8, 4) is 0 Å². The topological polar surface area (TPSA) is 66.5 Å². The molecule has 1 aliphatic carbocycles. The molecule has 1 aliphatic heterocycles. The molecule has 3 rings (SSSR count). The van der Waals surface area contributed by atoms with E-state index in [1.54, 1.807) is 0 Å². The fourth-order valence-corrected chi connectivity index (χ4v) is 5.80. The van der Waals surface area contributed by atoms with Gasteiger partial charge in [0.2, 0.25) is 5.67 Å². The van der Waals surface area contributed by atoms with Gasteiger partial charge < -0.3 is 5.32 Å². The van der Waals surface area contributed by atoms with E-state index in [2.05, 4.69) is 5.32 Å². The normalized spacial score (nSPS) is 26.2. The van der Waals surface area contributed by atoms with Gasteiger partial charge in [0.1, 0.15) is 4.21 Å². The lowest BCUT2D eigenvalue weighted by atomic mass is 9.95. The number of rotatable bonds is 5. The van der Waals surface area contributed by atoms with E-state index >= 15 is 0 Å². The molecule has 1 saturated carbocycles. The molecular weight excluding hydrogens is 363 g/mol. The number of nitrogens with zero attached hydrogens (tertiary/aromatic N) is 1. The van der Waals surface area contributed by atoms with E-state index in [1.165, 1.54) is 12.1 Å². The number of halogens is 2. The van der Waals surface area contributed by atoms with Crippen molar-refractivity contribution in [1.29, 1.82) is 0 Å². The Labute approximate surface area is 143 Å². The maximum Gasteiger partial charge on any atom is 0.259 e. The summed E-state index contributed by atoms with van der Waals surface area (Å²) in [7, 11) is -3.82. The number of carbonyl (C=O) groups excluding carboxylic acids is 1. The number of amides is 1. The number of piperidine rings is 1. The maximum atomic E-state index is 15.0. The Kier molecular flexibility index (Phi) is 4.70. The SMILES string of the molecule is O=C(NCC1CC1)[C@]1(F)CCCN(S(=O)(=O)c2ccc(Cl)s2)C1. The van der Waals surface area contributed by atoms with Gasteiger partial charge >= 0.3 is 0 Å². The average molecular weight is 381 g/mol. The van der Waals surface area contributed by atoms with Crippen molar-refractivity contribution in [3.63, 3.8) is 0 Å². The van der Waals surface area contributed by atoms with Gasteiger partial charge in [0.15, 0.2) is 0 Å². The predicted octanol–water partition coefficient (Wildman–Crippen LogP) is 2.42. The van der Waals surface area contributed by atoms with E-state index in [4.69, 9.17) is 11.6 Å². The summed E-state index contributed by atoms with van der Waals surface area (Å²) in [6, 6.07) is 2.90. The first-order valence-electron chi connectivity index (χ1n) is 7.54. The predicted molar refractivity (Wildman–Crippen MR) is 86.9 cm³/mol. The monoisotopic (exact) mass is 380 g/mol. The van der Waals surface area contributed by atoms with Crippen LogP contribution in [0.25, 0.3) is 0 Å². The fourth-order valence-electron chi connectivity index (χ4n) is 2.64. The van der Waals surface area contributed by atoms with Gasteiger partial charge in [-0.2, -0.15) is 4.31 Å². The highest BCUT2D eigenvalue weighted by molar-refractivity contribution is 7.91. The van der Waals surface area contributed by atoms with Gasteiger partial charge in [-0.1, -0.05) is 11.6 Å². The standard InChI is InChI=1S/C14H18ClFN2O3S2/c15-11-4-5-12(22-11)23(20,21)18-7-1-6-14(16,9-18)13(19)17-8-10-2-3-10/h4-5,10H,1-3,6-9H2,(H,17,19)/t14-/m0/s1. The number of thiophene rings is 1. The lowest BCUT2D eigenvalue weighted by Crippen LogP contribution is -2.55. The second kappa shape index (κ2) is 6.31. The Morgan fingerprint density at radius 1 is 1.48 bits per heavy atom. The van der Waals surface area contributed by atoms with Crippen molar-refractivity contribution in [2.45, 2.75) is 35.6 Å². The number of nitrogens with one attached hydrogen (secondary N) is 1. The third-order valence-electron chi connectivity index (χ3n) is 4.21. The number of hydrogen-bond acceptors (Lipinski definition) is 4. The Bertz CT molecular complexity index is 705. The van der Waals surface area contributed by atoms with Gasteiger partial charge in [-0.05, 0) is 43.7 Å². The van der Waals surface area contributed by atoms with Crippen molar-refractivity contribution >= 4 is 38.9 Å². The van der Waals surface area contributed by atoms with Crippen LogP contribution in [0.3, 0.4) is 0 Å². The molecule has 5 nitrogen and oxygen atoms in total. The van der Waals surface area contributed by atoms with Crippen LogP contribution in [0.15, 0.2) is 16.3 Å². The molecule has 2 fully saturated rings. The highest BCUT2D eigenvalue weighted by Gasteiger charge is 2.46. The van der Waals surface area contributed by atoms with E-state index < -0.39 is 28.1 Å².